The highest BCUT2D eigenvalue weighted by molar-refractivity contribution is 5.33. The number of nitrogens with one attached hydrogen (secondary N) is 1. The van der Waals surface area contributed by atoms with Crippen LogP contribution in [0.4, 0.5) is 4.39 Å². The van der Waals surface area contributed by atoms with Gasteiger partial charge in [-0.05, 0) is 37.1 Å². The minimum Gasteiger partial charge on any atom is -0.494 e. The summed E-state index contributed by atoms with van der Waals surface area (Å²) >= 11 is 0. The molecule has 0 saturated heterocycles. The molecule has 3 heteroatoms. The summed E-state index contributed by atoms with van der Waals surface area (Å²) in [6.07, 6.45) is 0.598. The predicted molar refractivity (Wildman–Crippen MR) is 84.3 cm³/mol. The van der Waals surface area contributed by atoms with Crippen molar-refractivity contribution in [2.45, 2.75) is 26.3 Å². The van der Waals surface area contributed by atoms with Crippen molar-refractivity contribution >= 4 is 0 Å². The van der Waals surface area contributed by atoms with Gasteiger partial charge in [-0.25, -0.2) is 4.39 Å². The lowest BCUT2D eigenvalue weighted by Gasteiger charge is -2.20. The molecule has 112 valence electrons. The second kappa shape index (κ2) is 7.23. The molecule has 0 spiro atoms. The highest BCUT2D eigenvalue weighted by Crippen LogP contribution is 2.25. The third-order valence-corrected chi connectivity index (χ3v) is 3.58. The first-order chi connectivity index (χ1) is 10.2. The van der Waals surface area contributed by atoms with Crippen molar-refractivity contribution < 1.29 is 9.13 Å². The summed E-state index contributed by atoms with van der Waals surface area (Å²) in [7, 11) is 1.49. The predicted octanol–water partition coefficient (Wildman–Crippen LogP) is 4.04. The van der Waals surface area contributed by atoms with Crippen LogP contribution in [0.15, 0.2) is 42.5 Å². The average molecular weight is 287 g/mol. The molecule has 2 rings (SSSR count). The molecular weight excluding hydrogens is 265 g/mol. The molecule has 1 N–H and O–H groups in total. The highest BCUT2D eigenvalue weighted by Gasteiger charge is 2.16. The SMILES string of the molecule is CCNC(Cc1cccc(OC)c1F)c1cccc(C)c1. The Balaban J connectivity index is 2.28. The van der Waals surface area contributed by atoms with Gasteiger partial charge in [-0.3, -0.25) is 0 Å². The van der Waals surface area contributed by atoms with E-state index in [9.17, 15) is 4.39 Å². The van der Waals surface area contributed by atoms with Gasteiger partial charge in [0.15, 0.2) is 11.6 Å². The number of halogens is 1. The van der Waals surface area contributed by atoms with E-state index in [4.69, 9.17) is 4.74 Å². The van der Waals surface area contributed by atoms with Crippen LogP contribution in [0.3, 0.4) is 0 Å². The molecule has 0 fully saturated rings. The van der Waals surface area contributed by atoms with Crippen LogP contribution in [-0.2, 0) is 6.42 Å². The van der Waals surface area contributed by atoms with Gasteiger partial charge in [-0.2, -0.15) is 0 Å². The number of rotatable bonds is 6. The molecular formula is C18H22FNO. The zero-order valence-electron chi connectivity index (χ0n) is 12.8. The molecule has 21 heavy (non-hydrogen) atoms. The Morgan fingerprint density at radius 1 is 1.19 bits per heavy atom. The maximum Gasteiger partial charge on any atom is 0.168 e. The number of ether oxygens (including phenoxy) is 1. The lowest BCUT2D eigenvalue weighted by molar-refractivity contribution is 0.382. The van der Waals surface area contributed by atoms with E-state index in [-0.39, 0.29) is 11.9 Å². The van der Waals surface area contributed by atoms with Gasteiger partial charge < -0.3 is 10.1 Å². The van der Waals surface area contributed by atoms with E-state index in [0.29, 0.717) is 17.7 Å². The largest absolute Gasteiger partial charge is 0.494 e. The molecule has 0 aliphatic rings. The van der Waals surface area contributed by atoms with E-state index >= 15 is 0 Å². The van der Waals surface area contributed by atoms with Crippen molar-refractivity contribution in [3.63, 3.8) is 0 Å². The minimum absolute atomic E-state index is 0.0940. The van der Waals surface area contributed by atoms with Crippen LogP contribution in [0.1, 0.15) is 29.7 Å². The maximum absolute atomic E-state index is 14.3. The first-order valence-corrected chi connectivity index (χ1v) is 7.27. The topological polar surface area (TPSA) is 21.3 Å². The first-order valence-electron chi connectivity index (χ1n) is 7.27. The fraction of sp³-hybridized carbons (Fsp3) is 0.333. The summed E-state index contributed by atoms with van der Waals surface area (Å²) in [6, 6.07) is 13.7. The van der Waals surface area contributed by atoms with Crippen molar-refractivity contribution in [1.82, 2.24) is 5.32 Å². The van der Waals surface area contributed by atoms with E-state index < -0.39 is 0 Å². The first kappa shape index (κ1) is 15.5. The molecule has 1 unspecified atom stereocenters. The van der Waals surface area contributed by atoms with Crippen LogP contribution >= 0.6 is 0 Å². The van der Waals surface area contributed by atoms with E-state index in [0.717, 1.165) is 6.54 Å². The highest BCUT2D eigenvalue weighted by atomic mass is 19.1. The lowest BCUT2D eigenvalue weighted by atomic mass is 9.97. The Bertz CT molecular complexity index is 598. The van der Waals surface area contributed by atoms with Gasteiger partial charge in [0.05, 0.1) is 7.11 Å². The third-order valence-electron chi connectivity index (χ3n) is 3.58. The number of hydrogen-bond acceptors (Lipinski definition) is 2. The Kier molecular flexibility index (Phi) is 5.34. The van der Waals surface area contributed by atoms with Gasteiger partial charge in [0.25, 0.3) is 0 Å². The summed E-state index contributed by atoms with van der Waals surface area (Å²) in [5.74, 6) is 0.0301. The van der Waals surface area contributed by atoms with Crippen molar-refractivity contribution in [3.8, 4) is 5.75 Å². The van der Waals surface area contributed by atoms with Crippen LogP contribution in [0.5, 0.6) is 5.75 Å². The van der Waals surface area contributed by atoms with Crippen molar-refractivity contribution in [1.29, 1.82) is 0 Å². The Morgan fingerprint density at radius 3 is 2.62 bits per heavy atom. The maximum atomic E-state index is 14.3. The molecule has 0 radical (unpaired) electrons. The van der Waals surface area contributed by atoms with Crippen LogP contribution in [-0.4, -0.2) is 13.7 Å². The van der Waals surface area contributed by atoms with E-state index in [1.165, 1.54) is 18.2 Å². The standard InChI is InChI=1S/C18H22FNO/c1-4-20-16(14-8-5-7-13(2)11-14)12-15-9-6-10-17(21-3)18(15)19/h5-11,16,20H,4,12H2,1-3H3. The van der Waals surface area contributed by atoms with Crippen molar-refractivity contribution in [3.05, 3.63) is 65.0 Å². The summed E-state index contributed by atoms with van der Waals surface area (Å²) in [6.45, 7) is 4.97. The van der Waals surface area contributed by atoms with Gasteiger partial charge in [0, 0.05) is 6.04 Å². The quantitative estimate of drug-likeness (QED) is 0.866. The van der Waals surface area contributed by atoms with Crippen molar-refractivity contribution in [2.75, 3.05) is 13.7 Å². The zero-order chi connectivity index (χ0) is 15.2. The van der Waals surface area contributed by atoms with Crippen LogP contribution in [0, 0.1) is 12.7 Å². The van der Waals surface area contributed by atoms with E-state index in [1.54, 1.807) is 6.07 Å². The summed E-state index contributed by atoms with van der Waals surface area (Å²) in [5.41, 5.74) is 3.06. The molecule has 0 bridgehead atoms. The van der Waals surface area contributed by atoms with E-state index in [1.807, 2.05) is 18.2 Å². The molecule has 0 aliphatic carbocycles. The molecule has 2 nitrogen and oxygen atoms in total. The number of hydrogen-bond donors (Lipinski definition) is 1. The van der Waals surface area contributed by atoms with Gasteiger partial charge in [0.1, 0.15) is 0 Å². The van der Waals surface area contributed by atoms with Crippen LogP contribution < -0.4 is 10.1 Å². The second-order valence-electron chi connectivity index (χ2n) is 5.16. The average Bonchev–Trinajstić information content (AvgIpc) is 2.48. The number of likely N-dealkylation sites (N-methyl/N-ethyl adjacent to an activating group) is 1. The van der Waals surface area contributed by atoms with Gasteiger partial charge in [0.2, 0.25) is 0 Å². The van der Waals surface area contributed by atoms with Gasteiger partial charge in [-0.15, -0.1) is 0 Å². The number of methoxy groups -OCH3 is 1. The fourth-order valence-electron chi connectivity index (χ4n) is 2.53. The number of benzene rings is 2. The zero-order valence-corrected chi connectivity index (χ0v) is 12.8. The molecule has 1 atom stereocenters. The molecule has 0 heterocycles. The second-order valence-corrected chi connectivity index (χ2v) is 5.16. The normalized spacial score (nSPS) is 12.2. The minimum atomic E-state index is -0.268. The molecule has 0 aromatic heterocycles. The molecule has 0 aliphatic heterocycles. The fourth-order valence-corrected chi connectivity index (χ4v) is 2.53. The lowest BCUT2D eigenvalue weighted by Crippen LogP contribution is -2.23. The molecule has 0 saturated carbocycles. The smallest absolute Gasteiger partial charge is 0.168 e. The molecule has 0 amide bonds. The Morgan fingerprint density at radius 2 is 1.95 bits per heavy atom. The summed E-state index contributed by atoms with van der Waals surface area (Å²) in [5, 5.41) is 3.43. The van der Waals surface area contributed by atoms with Crippen LogP contribution in [0.25, 0.3) is 0 Å². The summed E-state index contributed by atoms with van der Waals surface area (Å²) < 4.78 is 19.4. The van der Waals surface area contributed by atoms with Gasteiger partial charge in [-0.1, -0.05) is 48.9 Å². The third kappa shape index (κ3) is 3.82. The molecule has 2 aromatic carbocycles. The summed E-state index contributed by atoms with van der Waals surface area (Å²) in [4.78, 5) is 0. The van der Waals surface area contributed by atoms with Gasteiger partial charge >= 0.3 is 0 Å². The monoisotopic (exact) mass is 287 g/mol. The van der Waals surface area contributed by atoms with Crippen LogP contribution in [0.2, 0.25) is 0 Å². The number of aryl methyl sites for hydroxylation is 1. The van der Waals surface area contributed by atoms with Crippen molar-refractivity contribution in [2.24, 2.45) is 0 Å². The van der Waals surface area contributed by atoms with E-state index in [2.05, 4.69) is 37.4 Å². The molecule has 2 aromatic rings. The Hall–Kier alpha value is -1.87. The Labute approximate surface area is 126 Å².